The van der Waals surface area contributed by atoms with E-state index in [1.165, 1.54) is 6.92 Å². The lowest BCUT2D eigenvalue weighted by molar-refractivity contribution is -0.159. The Labute approximate surface area is 146 Å². The number of nitrogens with one attached hydrogen (secondary N) is 1. The van der Waals surface area contributed by atoms with Gasteiger partial charge in [-0.3, -0.25) is 9.48 Å². The zero-order chi connectivity index (χ0) is 18.6. The van der Waals surface area contributed by atoms with Crippen LogP contribution in [0.3, 0.4) is 0 Å². The van der Waals surface area contributed by atoms with Gasteiger partial charge in [-0.05, 0) is 39.8 Å². The molecule has 7 nitrogen and oxygen atoms in total. The van der Waals surface area contributed by atoms with Crippen molar-refractivity contribution in [3.63, 3.8) is 0 Å². The summed E-state index contributed by atoms with van der Waals surface area (Å²) in [5.74, 6) is -0.462. The van der Waals surface area contributed by atoms with E-state index in [2.05, 4.69) is 10.4 Å². The van der Waals surface area contributed by atoms with Crippen LogP contribution in [0.2, 0.25) is 0 Å². The highest BCUT2D eigenvalue weighted by Gasteiger charge is 2.24. The number of carbonyl (C=O) groups excluding carboxylic acids is 2. The summed E-state index contributed by atoms with van der Waals surface area (Å²) in [6.45, 7) is 6.75. The van der Waals surface area contributed by atoms with E-state index in [1.54, 1.807) is 37.7 Å². The summed E-state index contributed by atoms with van der Waals surface area (Å²) >= 11 is 0. The Morgan fingerprint density at radius 3 is 2.32 bits per heavy atom. The first-order chi connectivity index (χ1) is 11.8. The molecule has 134 valence electrons. The van der Waals surface area contributed by atoms with Crippen LogP contribution in [0.15, 0.2) is 30.3 Å². The Kier molecular flexibility index (Phi) is 5.80. The number of benzene rings is 1. The first-order valence-electron chi connectivity index (χ1n) is 8.03. The van der Waals surface area contributed by atoms with Crippen LogP contribution in [-0.2, 0) is 21.4 Å². The van der Waals surface area contributed by atoms with Crippen molar-refractivity contribution < 1.29 is 19.1 Å². The minimum Gasteiger partial charge on any atom is -0.479 e. The second-order valence-corrected chi connectivity index (χ2v) is 5.81. The molecule has 0 radical (unpaired) electrons. The van der Waals surface area contributed by atoms with Crippen LogP contribution in [0.4, 0.5) is 5.69 Å². The van der Waals surface area contributed by atoms with Crippen molar-refractivity contribution >= 4 is 17.6 Å². The van der Waals surface area contributed by atoms with E-state index in [0.717, 1.165) is 5.69 Å². The molecule has 0 saturated heterocycles. The maximum absolute atomic E-state index is 12.3. The van der Waals surface area contributed by atoms with Crippen LogP contribution in [0.5, 0.6) is 5.75 Å². The van der Waals surface area contributed by atoms with Gasteiger partial charge in [0.1, 0.15) is 5.75 Å². The topological polar surface area (TPSA) is 82.5 Å². The SMILES string of the molecule is Cc1nn(C)c(C)c1NC(=O)C(C)OC(=O)C(C)Oc1ccccc1. The van der Waals surface area contributed by atoms with E-state index in [9.17, 15) is 9.59 Å². The molecular formula is C18H23N3O4. The normalized spacial score (nSPS) is 13.0. The van der Waals surface area contributed by atoms with Crippen LogP contribution in [0, 0.1) is 13.8 Å². The van der Waals surface area contributed by atoms with Gasteiger partial charge in [0.25, 0.3) is 5.91 Å². The number of carbonyl (C=O) groups is 2. The molecule has 1 aromatic carbocycles. The monoisotopic (exact) mass is 345 g/mol. The molecule has 0 aliphatic carbocycles. The van der Waals surface area contributed by atoms with Crippen LogP contribution >= 0.6 is 0 Å². The second kappa shape index (κ2) is 7.83. The quantitative estimate of drug-likeness (QED) is 0.813. The molecule has 0 saturated carbocycles. The third-order valence-corrected chi connectivity index (χ3v) is 3.81. The van der Waals surface area contributed by atoms with E-state index < -0.39 is 24.1 Å². The van der Waals surface area contributed by atoms with E-state index in [-0.39, 0.29) is 0 Å². The van der Waals surface area contributed by atoms with Crippen LogP contribution in [0.25, 0.3) is 0 Å². The maximum atomic E-state index is 12.3. The van der Waals surface area contributed by atoms with E-state index >= 15 is 0 Å². The number of ether oxygens (including phenoxy) is 2. The minimum atomic E-state index is -0.951. The molecule has 2 rings (SSSR count). The summed E-state index contributed by atoms with van der Waals surface area (Å²) in [7, 11) is 1.80. The summed E-state index contributed by atoms with van der Waals surface area (Å²) < 4.78 is 12.4. The summed E-state index contributed by atoms with van der Waals surface area (Å²) in [6, 6.07) is 8.95. The summed E-state index contributed by atoms with van der Waals surface area (Å²) in [6.07, 6.45) is -1.77. The van der Waals surface area contributed by atoms with Crippen molar-refractivity contribution in [2.24, 2.45) is 7.05 Å². The number of amides is 1. The Bertz CT molecular complexity index is 755. The number of aromatic nitrogens is 2. The molecular weight excluding hydrogens is 322 g/mol. The number of rotatable bonds is 6. The van der Waals surface area contributed by atoms with Crippen LogP contribution in [-0.4, -0.2) is 33.9 Å². The van der Waals surface area contributed by atoms with Gasteiger partial charge < -0.3 is 14.8 Å². The maximum Gasteiger partial charge on any atom is 0.347 e. The Morgan fingerprint density at radius 2 is 1.76 bits per heavy atom. The summed E-state index contributed by atoms with van der Waals surface area (Å²) in [5.41, 5.74) is 2.15. The summed E-state index contributed by atoms with van der Waals surface area (Å²) in [5, 5.41) is 6.99. The lowest BCUT2D eigenvalue weighted by Crippen LogP contribution is -2.35. The molecule has 2 atom stereocenters. The van der Waals surface area contributed by atoms with Gasteiger partial charge in [-0.2, -0.15) is 5.10 Å². The number of hydrogen-bond donors (Lipinski definition) is 1. The molecule has 0 spiro atoms. The molecule has 1 aromatic heterocycles. The van der Waals surface area contributed by atoms with E-state index in [0.29, 0.717) is 17.1 Å². The van der Waals surface area contributed by atoms with Gasteiger partial charge in [0.15, 0.2) is 12.2 Å². The molecule has 1 amide bonds. The smallest absolute Gasteiger partial charge is 0.347 e. The number of nitrogens with zero attached hydrogens (tertiary/aromatic N) is 2. The van der Waals surface area contributed by atoms with Crippen LogP contribution < -0.4 is 10.1 Å². The van der Waals surface area contributed by atoms with Gasteiger partial charge in [0.2, 0.25) is 0 Å². The second-order valence-electron chi connectivity index (χ2n) is 5.81. The molecule has 25 heavy (non-hydrogen) atoms. The number of aryl methyl sites for hydroxylation is 2. The zero-order valence-corrected chi connectivity index (χ0v) is 15.1. The highest BCUT2D eigenvalue weighted by Crippen LogP contribution is 2.19. The highest BCUT2D eigenvalue weighted by molar-refractivity contribution is 5.96. The third-order valence-electron chi connectivity index (χ3n) is 3.81. The lowest BCUT2D eigenvalue weighted by atomic mass is 10.3. The largest absolute Gasteiger partial charge is 0.479 e. The average Bonchev–Trinajstić information content (AvgIpc) is 2.81. The third kappa shape index (κ3) is 4.59. The van der Waals surface area contributed by atoms with Crippen molar-refractivity contribution in [3.05, 3.63) is 41.7 Å². The molecule has 0 aliphatic heterocycles. The highest BCUT2D eigenvalue weighted by atomic mass is 16.6. The molecule has 2 aromatic rings. The Hall–Kier alpha value is -2.83. The van der Waals surface area contributed by atoms with Gasteiger partial charge >= 0.3 is 5.97 Å². The average molecular weight is 345 g/mol. The van der Waals surface area contributed by atoms with Gasteiger partial charge in [-0.15, -0.1) is 0 Å². The molecule has 0 aliphatic rings. The van der Waals surface area contributed by atoms with Crippen molar-refractivity contribution in [3.8, 4) is 5.75 Å². The molecule has 7 heteroatoms. The molecule has 0 fully saturated rings. The van der Waals surface area contributed by atoms with Gasteiger partial charge in [-0.1, -0.05) is 18.2 Å². The fourth-order valence-corrected chi connectivity index (χ4v) is 2.25. The van der Waals surface area contributed by atoms with Crippen molar-refractivity contribution in [1.29, 1.82) is 0 Å². The zero-order valence-electron chi connectivity index (χ0n) is 15.1. The Balaban J connectivity index is 1.92. The molecule has 2 unspecified atom stereocenters. The fraction of sp³-hybridized carbons (Fsp3) is 0.389. The van der Waals surface area contributed by atoms with Crippen molar-refractivity contribution in [1.82, 2.24) is 9.78 Å². The fourth-order valence-electron chi connectivity index (χ4n) is 2.25. The van der Waals surface area contributed by atoms with Gasteiger partial charge in [-0.25, -0.2) is 4.79 Å². The van der Waals surface area contributed by atoms with Gasteiger partial charge in [0, 0.05) is 7.05 Å². The van der Waals surface area contributed by atoms with Crippen molar-refractivity contribution in [2.45, 2.75) is 39.9 Å². The molecule has 1 heterocycles. The lowest BCUT2D eigenvalue weighted by Gasteiger charge is -2.18. The van der Waals surface area contributed by atoms with E-state index in [1.807, 2.05) is 25.1 Å². The number of hydrogen-bond acceptors (Lipinski definition) is 5. The minimum absolute atomic E-state index is 0.417. The van der Waals surface area contributed by atoms with Crippen molar-refractivity contribution in [2.75, 3.05) is 5.32 Å². The summed E-state index contributed by atoms with van der Waals surface area (Å²) in [4.78, 5) is 24.4. The first-order valence-corrected chi connectivity index (χ1v) is 8.03. The van der Waals surface area contributed by atoms with E-state index in [4.69, 9.17) is 9.47 Å². The number of anilines is 1. The first kappa shape index (κ1) is 18.5. The number of para-hydroxylation sites is 1. The predicted octanol–water partition coefficient (Wildman–Crippen LogP) is 2.37. The number of esters is 1. The Morgan fingerprint density at radius 1 is 1.12 bits per heavy atom. The predicted molar refractivity (Wildman–Crippen MR) is 93.4 cm³/mol. The molecule has 1 N–H and O–H groups in total. The standard InChI is InChI=1S/C18H23N3O4/c1-11-16(12(2)21(5)20-11)19-17(22)13(3)25-18(23)14(4)24-15-9-7-6-8-10-15/h6-10,13-14H,1-5H3,(H,19,22). The molecule has 0 bridgehead atoms. The van der Waals surface area contributed by atoms with Crippen LogP contribution in [0.1, 0.15) is 25.2 Å². The van der Waals surface area contributed by atoms with Gasteiger partial charge in [0.05, 0.1) is 17.1 Å².